The predicted molar refractivity (Wildman–Crippen MR) is 113 cm³/mol. The van der Waals surface area contributed by atoms with Crippen LogP contribution >= 0.6 is 12.4 Å². The third-order valence-electron chi connectivity index (χ3n) is 4.72. The van der Waals surface area contributed by atoms with Crippen molar-refractivity contribution in [3.05, 3.63) is 77.4 Å². The van der Waals surface area contributed by atoms with Gasteiger partial charge < -0.3 is 5.11 Å². The van der Waals surface area contributed by atoms with Crippen LogP contribution in [-0.2, 0) is 18.5 Å². The fraction of sp³-hybridized carbons (Fsp3) is 0.304. The number of benzene rings is 3. The quantitative estimate of drug-likeness (QED) is 0.619. The SMILES string of the molecule is CN(Cc1ccc(C(C)(C)C)cc1)Cc1c(O)ccc2ccccc12.Cl. The molecule has 0 aliphatic heterocycles. The van der Waals surface area contributed by atoms with Crippen LogP contribution < -0.4 is 0 Å². The average molecular weight is 370 g/mol. The van der Waals surface area contributed by atoms with Gasteiger partial charge in [0, 0.05) is 18.7 Å². The lowest BCUT2D eigenvalue weighted by atomic mass is 9.87. The molecule has 26 heavy (non-hydrogen) atoms. The van der Waals surface area contributed by atoms with Gasteiger partial charge in [-0.1, -0.05) is 75.4 Å². The van der Waals surface area contributed by atoms with Gasteiger partial charge in [-0.2, -0.15) is 0 Å². The van der Waals surface area contributed by atoms with Crippen molar-refractivity contribution in [3.8, 4) is 5.75 Å². The van der Waals surface area contributed by atoms with E-state index in [-0.39, 0.29) is 17.8 Å². The van der Waals surface area contributed by atoms with Crippen LogP contribution in [0.4, 0.5) is 0 Å². The first-order valence-electron chi connectivity index (χ1n) is 8.82. The zero-order chi connectivity index (χ0) is 18.0. The highest BCUT2D eigenvalue weighted by atomic mass is 35.5. The maximum atomic E-state index is 10.3. The third kappa shape index (κ3) is 4.57. The number of hydrogen-bond acceptors (Lipinski definition) is 2. The molecule has 2 nitrogen and oxygen atoms in total. The molecule has 0 fully saturated rings. The maximum Gasteiger partial charge on any atom is 0.120 e. The van der Waals surface area contributed by atoms with E-state index in [0.717, 1.165) is 17.5 Å². The minimum absolute atomic E-state index is 0. The van der Waals surface area contributed by atoms with Gasteiger partial charge in [-0.05, 0) is 40.4 Å². The van der Waals surface area contributed by atoms with Gasteiger partial charge in [0.15, 0.2) is 0 Å². The summed E-state index contributed by atoms with van der Waals surface area (Å²) < 4.78 is 0. The molecule has 0 heterocycles. The van der Waals surface area contributed by atoms with Gasteiger partial charge in [-0.25, -0.2) is 0 Å². The summed E-state index contributed by atoms with van der Waals surface area (Å²) >= 11 is 0. The number of rotatable bonds is 4. The van der Waals surface area contributed by atoms with E-state index in [4.69, 9.17) is 0 Å². The molecule has 3 aromatic carbocycles. The summed E-state index contributed by atoms with van der Waals surface area (Å²) in [6.45, 7) is 8.27. The van der Waals surface area contributed by atoms with Crippen molar-refractivity contribution in [1.29, 1.82) is 0 Å². The Morgan fingerprint density at radius 2 is 1.50 bits per heavy atom. The lowest BCUT2D eigenvalue weighted by Gasteiger charge is -2.21. The Hall–Kier alpha value is -2.03. The molecule has 0 aliphatic rings. The molecular weight excluding hydrogens is 342 g/mol. The number of halogens is 1. The van der Waals surface area contributed by atoms with Crippen molar-refractivity contribution in [2.24, 2.45) is 0 Å². The van der Waals surface area contributed by atoms with Gasteiger partial charge in [0.05, 0.1) is 0 Å². The minimum Gasteiger partial charge on any atom is -0.508 e. The average Bonchev–Trinajstić information content (AvgIpc) is 2.57. The first-order chi connectivity index (χ1) is 11.8. The van der Waals surface area contributed by atoms with Crippen LogP contribution in [0, 0.1) is 0 Å². The molecule has 0 saturated carbocycles. The van der Waals surface area contributed by atoms with Crippen LogP contribution in [-0.4, -0.2) is 17.1 Å². The van der Waals surface area contributed by atoms with Gasteiger partial charge in [-0.15, -0.1) is 12.4 Å². The zero-order valence-corrected chi connectivity index (χ0v) is 16.8. The second kappa shape index (κ2) is 8.11. The highest BCUT2D eigenvalue weighted by Crippen LogP contribution is 2.28. The zero-order valence-electron chi connectivity index (χ0n) is 16.0. The topological polar surface area (TPSA) is 23.5 Å². The van der Waals surface area contributed by atoms with E-state index in [9.17, 15) is 5.11 Å². The molecular formula is C23H28ClNO. The van der Waals surface area contributed by atoms with E-state index < -0.39 is 0 Å². The number of fused-ring (bicyclic) bond motifs is 1. The molecule has 0 atom stereocenters. The molecule has 0 bridgehead atoms. The fourth-order valence-electron chi connectivity index (χ4n) is 3.24. The second-order valence-electron chi connectivity index (χ2n) is 7.90. The number of nitrogens with zero attached hydrogens (tertiary/aromatic N) is 1. The van der Waals surface area contributed by atoms with E-state index in [0.29, 0.717) is 12.3 Å². The van der Waals surface area contributed by atoms with E-state index >= 15 is 0 Å². The molecule has 3 heteroatoms. The molecule has 0 unspecified atom stereocenters. The van der Waals surface area contributed by atoms with E-state index in [1.54, 1.807) is 6.07 Å². The van der Waals surface area contributed by atoms with Crippen LogP contribution in [0.1, 0.15) is 37.5 Å². The predicted octanol–water partition coefficient (Wildman–Crippen LogP) is 5.90. The molecule has 1 N–H and O–H groups in total. The molecule has 0 spiro atoms. The largest absolute Gasteiger partial charge is 0.508 e. The van der Waals surface area contributed by atoms with Crippen LogP contribution in [0.15, 0.2) is 60.7 Å². The second-order valence-corrected chi connectivity index (χ2v) is 7.90. The van der Waals surface area contributed by atoms with Crippen LogP contribution in [0.25, 0.3) is 10.8 Å². The Morgan fingerprint density at radius 1 is 0.846 bits per heavy atom. The van der Waals surface area contributed by atoms with Gasteiger partial charge in [0.2, 0.25) is 0 Å². The van der Waals surface area contributed by atoms with Crippen molar-refractivity contribution in [1.82, 2.24) is 4.90 Å². The molecule has 0 aromatic heterocycles. The van der Waals surface area contributed by atoms with Crippen molar-refractivity contribution in [3.63, 3.8) is 0 Å². The molecule has 138 valence electrons. The third-order valence-corrected chi connectivity index (χ3v) is 4.72. The summed E-state index contributed by atoms with van der Waals surface area (Å²) in [7, 11) is 2.10. The number of aromatic hydroxyl groups is 1. The molecule has 0 saturated heterocycles. The van der Waals surface area contributed by atoms with Crippen molar-refractivity contribution < 1.29 is 5.11 Å². The van der Waals surface area contributed by atoms with Crippen LogP contribution in [0.5, 0.6) is 5.75 Å². The minimum atomic E-state index is 0. The number of phenolic OH excluding ortho intramolecular Hbond substituents is 1. The summed E-state index contributed by atoms with van der Waals surface area (Å²) in [5.74, 6) is 0.369. The summed E-state index contributed by atoms with van der Waals surface area (Å²) in [5.41, 5.74) is 3.81. The van der Waals surface area contributed by atoms with Crippen molar-refractivity contribution >= 4 is 23.2 Å². The summed E-state index contributed by atoms with van der Waals surface area (Å²) in [6.07, 6.45) is 0. The standard InChI is InChI=1S/C23H27NO.ClH/c1-23(2,3)19-12-9-17(10-13-19)15-24(4)16-21-20-8-6-5-7-18(20)11-14-22(21)25;/h5-14,25H,15-16H2,1-4H3;1H. The van der Waals surface area contributed by atoms with Crippen LogP contribution in [0.3, 0.4) is 0 Å². The molecule has 0 radical (unpaired) electrons. The van der Waals surface area contributed by atoms with Crippen molar-refractivity contribution in [2.45, 2.75) is 39.3 Å². The normalized spacial score (nSPS) is 11.6. The van der Waals surface area contributed by atoms with Crippen LogP contribution in [0.2, 0.25) is 0 Å². The molecule has 0 aliphatic carbocycles. The first kappa shape index (κ1) is 20.3. The van der Waals surface area contributed by atoms with E-state index in [1.807, 2.05) is 18.2 Å². The summed E-state index contributed by atoms with van der Waals surface area (Å²) in [4.78, 5) is 2.24. The van der Waals surface area contributed by atoms with Gasteiger partial charge in [0.1, 0.15) is 5.75 Å². The molecule has 0 amide bonds. The smallest absolute Gasteiger partial charge is 0.120 e. The molecule has 3 rings (SSSR count). The summed E-state index contributed by atoms with van der Waals surface area (Å²) in [6, 6.07) is 20.8. The Balaban J connectivity index is 0.00000243. The summed E-state index contributed by atoms with van der Waals surface area (Å²) in [5, 5.41) is 12.6. The maximum absolute atomic E-state index is 10.3. The number of phenols is 1. The Bertz CT molecular complexity index is 866. The fourth-order valence-corrected chi connectivity index (χ4v) is 3.24. The van der Waals surface area contributed by atoms with E-state index in [2.05, 4.69) is 69.1 Å². The number of hydrogen-bond donors (Lipinski definition) is 1. The lowest BCUT2D eigenvalue weighted by molar-refractivity contribution is 0.314. The Morgan fingerprint density at radius 3 is 2.15 bits per heavy atom. The van der Waals surface area contributed by atoms with Gasteiger partial charge in [-0.3, -0.25) is 4.90 Å². The highest BCUT2D eigenvalue weighted by molar-refractivity contribution is 5.87. The monoisotopic (exact) mass is 369 g/mol. The van der Waals surface area contributed by atoms with Gasteiger partial charge >= 0.3 is 0 Å². The highest BCUT2D eigenvalue weighted by Gasteiger charge is 2.14. The first-order valence-corrected chi connectivity index (χ1v) is 8.82. The Kier molecular flexibility index (Phi) is 6.33. The van der Waals surface area contributed by atoms with Crippen molar-refractivity contribution in [2.75, 3.05) is 7.05 Å². The Labute approximate surface area is 162 Å². The van der Waals surface area contributed by atoms with E-state index in [1.165, 1.54) is 16.5 Å². The molecule has 3 aromatic rings. The lowest BCUT2D eigenvalue weighted by Crippen LogP contribution is -2.18. The van der Waals surface area contributed by atoms with Gasteiger partial charge in [0.25, 0.3) is 0 Å².